The van der Waals surface area contributed by atoms with Gasteiger partial charge >= 0.3 is 0 Å². The van der Waals surface area contributed by atoms with E-state index >= 15 is 0 Å². The fourth-order valence-corrected chi connectivity index (χ4v) is 2.58. The number of anilines is 1. The molecule has 0 aliphatic rings. The van der Waals surface area contributed by atoms with Crippen LogP contribution in [0.3, 0.4) is 0 Å². The second-order valence-corrected chi connectivity index (χ2v) is 6.97. The monoisotopic (exact) mass is 303 g/mol. The molecular weight excluding hydrogens is 286 g/mol. The minimum Gasteiger partial charge on any atom is -0.326 e. The van der Waals surface area contributed by atoms with E-state index in [0.29, 0.717) is 0 Å². The lowest BCUT2D eigenvalue weighted by Gasteiger charge is -2.08. The number of rotatable bonds is 4. The Morgan fingerprint density at radius 3 is 2.24 bits per heavy atom. The second-order valence-electron chi connectivity index (χ2n) is 4.96. The van der Waals surface area contributed by atoms with Crippen molar-refractivity contribution in [1.29, 1.82) is 0 Å². The van der Waals surface area contributed by atoms with Crippen LogP contribution in [0.5, 0.6) is 0 Å². The van der Waals surface area contributed by atoms with Gasteiger partial charge in [-0.1, -0.05) is 30.3 Å². The van der Waals surface area contributed by atoms with E-state index in [4.69, 9.17) is 0 Å². The van der Waals surface area contributed by atoms with Crippen molar-refractivity contribution in [2.45, 2.75) is 18.2 Å². The molecule has 0 aromatic heterocycles. The van der Waals surface area contributed by atoms with Crippen LogP contribution in [0.25, 0.3) is 0 Å². The third-order valence-corrected chi connectivity index (χ3v) is 4.26. The van der Waals surface area contributed by atoms with E-state index in [-0.39, 0.29) is 17.2 Å². The van der Waals surface area contributed by atoms with Crippen molar-refractivity contribution in [1.82, 2.24) is 0 Å². The molecule has 0 saturated carbocycles. The summed E-state index contributed by atoms with van der Waals surface area (Å²) < 4.78 is 22.7. The molecule has 0 aliphatic carbocycles. The number of amides is 1. The average molecular weight is 303 g/mol. The lowest BCUT2D eigenvalue weighted by molar-refractivity contribution is -0.115. The van der Waals surface area contributed by atoms with E-state index in [9.17, 15) is 13.2 Å². The van der Waals surface area contributed by atoms with E-state index in [0.717, 1.165) is 23.1 Å². The highest BCUT2D eigenvalue weighted by Crippen LogP contribution is 2.15. The van der Waals surface area contributed by atoms with Crippen molar-refractivity contribution >= 4 is 21.4 Å². The molecule has 0 heterocycles. The van der Waals surface area contributed by atoms with Gasteiger partial charge in [0.1, 0.15) is 0 Å². The van der Waals surface area contributed by atoms with Gasteiger partial charge in [0, 0.05) is 11.9 Å². The largest absolute Gasteiger partial charge is 0.326 e. The normalized spacial score (nSPS) is 11.1. The Bertz CT molecular complexity index is 749. The summed E-state index contributed by atoms with van der Waals surface area (Å²) in [5.74, 6) is -0.128. The number of aryl methyl sites for hydroxylation is 1. The maximum atomic E-state index is 12.0. The molecule has 1 amide bonds. The molecule has 110 valence electrons. The van der Waals surface area contributed by atoms with E-state index < -0.39 is 9.84 Å². The molecule has 0 saturated heterocycles. The molecular formula is C16H17NO3S. The zero-order valence-corrected chi connectivity index (χ0v) is 12.8. The zero-order valence-electron chi connectivity index (χ0n) is 12.0. The molecule has 2 aromatic carbocycles. The minimum atomic E-state index is -3.20. The van der Waals surface area contributed by atoms with Gasteiger partial charge in [0.15, 0.2) is 9.84 Å². The first-order chi connectivity index (χ1) is 9.86. The van der Waals surface area contributed by atoms with Crippen LogP contribution in [-0.2, 0) is 21.1 Å². The number of sulfone groups is 1. The average Bonchev–Trinajstić information content (AvgIpc) is 2.41. The molecule has 0 fully saturated rings. The van der Waals surface area contributed by atoms with Crippen LogP contribution in [0.15, 0.2) is 53.4 Å². The van der Waals surface area contributed by atoms with Gasteiger partial charge in [-0.2, -0.15) is 0 Å². The molecule has 2 rings (SSSR count). The minimum absolute atomic E-state index is 0.128. The quantitative estimate of drug-likeness (QED) is 0.944. The van der Waals surface area contributed by atoms with Crippen LogP contribution in [0, 0.1) is 6.92 Å². The van der Waals surface area contributed by atoms with E-state index in [1.165, 1.54) is 12.1 Å². The molecule has 4 nitrogen and oxygen atoms in total. The number of carbonyl (C=O) groups is 1. The fraction of sp³-hybridized carbons (Fsp3) is 0.188. The van der Waals surface area contributed by atoms with Crippen molar-refractivity contribution in [3.05, 3.63) is 59.7 Å². The lowest BCUT2D eigenvalue weighted by Crippen LogP contribution is -2.15. The Morgan fingerprint density at radius 2 is 1.67 bits per heavy atom. The smallest absolute Gasteiger partial charge is 0.228 e. The molecule has 0 unspecified atom stereocenters. The summed E-state index contributed by atoms with van der Waals surface area (Å²) in [6, 6.07) is 13.9. The number of hydrogen-bond donors (Lipinski definition) is 1. The molecule has 0 aliphatic heterocycles. The highest BCUT2D eigenvalue weighted by Gasteiger charge is 2.09. The van der Waals surface area contributed by atoms with E-state index in [1.807, 2.05) is 31.2 Å². The Kier molecular flexibility index (Phi) is 4.43. The van der Waals surface area contributed by atoms with Gasteiger partial charge in [0.25, 0.3) is 0 Å². The van der Waals surface area contributed by atoms with Gasteiger partial charge in [0.2, 0.25) is 5.91 Å². The van der Waals surface area contributed by atoms with Gasteiger partial charge < -0.3 is 5.32 Å². The number of carbonyl (C=O) groups excluding carboxylic acids is 1. The first-order valence-corrected chi connectivity index (χ1v) is 8.40. The van der Waals surface area contributed by atoms with Crippen molar-refractivity contribution in [3.63, 3.8) is 0 Å². The second kappa shape index (κ2) is 6.10. The SMILES string of the molecule is Cc1ccccc1NC(=O)Cc1ccc(S(C)(=O)=O)cc1. The van der Waals surface area contributed by atoms with Crippen LogP contribution < -0.4 is 5.32 Å². The number of para-hydroxylation sites is 1. The summed E-state index contributed by atoms with van der Waals surface area (Å²) in [4.78, 5) is 12.2. The Balaban J connectivity index is 2.05. The summed E-state index contributed by atoms with van der Waals surface area (Å²) in [6.07, 6.45) is 1.37. The van der Waals surface area contributed by atoms with Crippen LogP contribution in [0.1, 0.15) is 11.1 Å². The topological polar surface area (TPSA) is 63.2 Å². The number of hydrogen-bond acceptors (Lipinski definition) is 3. The van der Waals surface area contributed by atoms with E-state index in [1.54, 1.807) is 12.1 Å². The fourth-order valence-electron chi connectivity index (χ4n) is 1.95. The Labute approximate surface area is 124 Å². The molecule has 2 aromatic rings. The van der Waals surface area contributed by atoms with Gasteiger partial charge in [-0.05, 0) is 36.2 Å². The summed E-state index contributed by atoms with van der Waals surface area (Å²) in [5.41, 5.74) is 2.56. The van der Waals surface area contributed by atoms with Crippen molar-refractivity contribution in [2.75, 3.05) is 11.6 Å². The molecule has 0 spiro atoms. The highest BCUT2D eigenvalue weighted by atomic mass is 32.2. The van der Waals surface area contributed by atoms with Crippen molar-refractivity contribution in [3.8, 4) is 0 Å². The zero-order chi connectivity index (χ0) is 15.5. The predicted octanol–water partition coefficient (Wildman–Crippen LogP) is 2.58. The van der Waals surface area contributed by atoms with Gasteiger partial charge in [0.05, 0.1) is 11.3 Å². The summed E-state index contributed by atoms with van der Waals surface area (Å²) in [7, 11) is -3.20. The summed E-state index contributed by atoms with van der Waals surface area (Å²) in [5, 5.41) is 2.85. The van der Waals surface area contributed by atoms with Gasteiger partial charge in [-0.15, -0.1) is 0 Å². The maximum absolute atomic E-state index is 12.0. The van der Waals surface area contributed by atoms with Crippen LogP contribution in [-0.4, -0.2) is 20.6 Å². The summed E-state index contributed by atoms with van der Waals surface area (Å²) in [6.45, 7) is 1.93. The van der Waals surface area contributed by atoms with E-state index in [2.05, 4.69) is 5.32 Å². The standard InChI is InChI=1S/C16H17NO3S/c1-12-5-3-4-6-15(12)17-16(18)11-13-7-9-14(10-8-13)21(2,19)20/h3-10H,11H2,1-2H3,(H,17,18). The van der Waals surface area contributed by atoms with Crippen LogP contribution >= 0.6 is 0 Å². The third kappa shape index (κ3) is 4.16. The highest BCUT2D eigenvalue weighted by molar-refractivity contribution is 7.90. The summed E-state index contributed by atoms with van der Waals surface area (Å²) >= 11 is 0. The van der Waals surface area contributed by atoms with Crippen molar-refractivity contribution in [2.24, 2.45) is 0 Å². The van der Waals surface area contributed by atoms with Crippen molar-refractivity contribution < 1.29 is 13.2 Å². The number of nitrogens with one attached hydrogen (secondary N) is 1. The third-order valence-electron chi connectivity index (χ3n) is 3.14. The molecule has 0 radical (unpaired) electrons. The molecule has 1 N–H and O–H groups in total. The van der Waals surface area contributed by atoms with Gasteiger partial charge in [-0.3, -0.25) is 4.79 Å². The Hall–Kier alpha value is -2.14. The molecule has 0 bridgehead atoms. The molecule has 0 atom stereocenters. The van der Waals surface area contributed by atoms with Gasteiger partial charge in [-0.25, -0.2) is 8.42 Å². The van der Waals surface area contributed by atoms with Crippen LogP contribution in [0.4, 0.5) is 5.69 Å². The first kappa shape index (κ1) is 15.3. The lowest BCUT2D eigenvalue weighted by atomic mass is 10.1. The Morgan fingerprint density at radius 1 is 1.05 bits per heavy atom. The molecule has 5 heteroatoms. The van der Waals surface area contributed by atoms with Crippen LogP contribution in [0.2, 0.25) is 0 Å². The number of benzene rings is 2. The first-order valence-electron chi connectivity index (χ1n) is 6.51. The maximum Gasteiger partial charge on any atom is 0.228 e. The molecule has 21 heavy (non-hydrogen) atoms. The predicted molar refractivity (Wildman–Crippen MR) is 83.1 cm³/mol.